The Morgan fingerprint density at radius 3 is 2.36 bits per heavy atom. The van der Waals surface area contributed by atoms with E-state index in [2.05, 4.69) is 10.6 Å². The van der Waals surface area contributed by atoms with Crippen molar-refractivity contribution in [2.45, 2.75) is 25.7 Å². The zero-order chi connectivity index (χ0) is 7.94. The molecule has 0 aliphatic carbocycles. The molecule has 0 spiro atoms. The van der Waals surface area contributed by atoms with Crippen LogP contribution in [0.5, 0.6) is 0 Å². The van der Waals surface area contributed by atoms with Gasteiger partial charge in [-0.2, -0.15) is 0 Å². The van der Waals surface area contributed by atoms with Crippen molar-refractivity contribution in [2.75, 3.05) is 13.1 Å². The molecule has 0 aromatic heterocycles. The Hall–Kier alpha value is -0.860. The van der Waals surface area contributed by atoms with Crippen LogP contribution in [0.2, 0.25) is 0 Å². The summed E-state index contributed by atoms with van der Waals surface area (Å²) in [6.45, 7) is 1.95. The summed E-state index contributed by atoms with van der Waals surface area (Å²) in [7, 11) is 0. The highest BCUT2D eigenvalue weighted by molar-refractivity contribution is 5.31. The Kier molecular flexibility index (Phi) is 3.65. The first-order valence-electron chi connectivity index (χ1n) is 4.01. The van der Waals surface area contributed by atoms with Gasteiger partial charge in [-0.05, 0) is 12.8 Å². The summed E-state index contributed by atoms with van der Waals surface area (Å²) in [5.74, 6) is 0. The van der Waals surface area contributed by atoms with Crippen LogP contribution in [0.3, 0.4) is 0 Å². The summed E-state index contributed by atoms with van der Waals surface area (Å²) in [4.78, 5) is 9.75. The lowest BCUT2D eigenvalue weighted by molar-refractivity contribution is 0.199. The molecular weight excluding hydrogens is 142 g/mol. The van der Waals surface area contributed by atoms with Crippen LogP contribution in [-0.4, -0.2) is 24.2 Å². The van der Waals surface area contributed by atoms with Crippen molar-refractivity contribution in [1.29, 1.82) is 0 Å². The maximum Gasteiger partial charge on any atom is 0.259 e. The molecule has 0 bridgehead atoms. The van der Waals surface area contributed by atoms with E-state index in [9.17, 15) is 4.79 Å². The highest BCUT2D eigenvalue weighted by Gasteiger charge is 2.06. The lowest BCUT2D eigenvalue weighted by Gasteiger charge is -2.16. The number of hydrogen-bond donors (Lipinski definition) is 1. The first-order valence-corrected chi connectivity index (χ1v) is 4.01. The molecule has 0 radical (unpaired) electrons. The molecule has 4 heteroatoms. The van der Waals surface area contributed by atoms with E-state index in [-0.39, 0.29) is 0 Å². The lowest BCUT2D eigenvalue weighted by atomic mass is 10.2. The molecule has 1 fully saturated rings. The smallest absolute Gasteiger partial charge is 0.229 e. The molecule has 1 aliphatic rings. The van der Waals surface area contributed by atoms with E-state index in [1.807, 2.05) is 5.01 Å². The van der Waals surface area contributed by atoms with Crippen molar-refractivity contribution >= 4 is 6.08 Å². The normalized spacial score (nSPS) is 20.0. The Morgan fingerprint density at radius 2 is 1.82 bits per heavy atom. The van der Waals surface area contributed by atoms with Gasteiger partial charge < -0.3 is 0 Å². The Balaban J connectivity index is 2.24. The molecule has 11 heavy (non-hydrogen) atoms. The van der Waals surface area contributed by atoms with Crippen LogP contribution in [0.1, 0.15) is 25.7 Å². The molecule has 1 aliphatic heterocycles. The third kappa shape index (κ3) is 3.16. The van der Waals surface area contributed by atoms with Gasteiger partial charge in [-0.15, -0.1) is 0 Å². The minimum Gasteiger partial charge on any atom is -0.229 e. The van der Waals surface area contributed by atoms with E-state index in [0.29, 0.717) is 0 Å². The van der Waals surface area contributed by atoms with Crippen molar-refractivity contribution in [3.05, 3.63) is 0 Å². The first kappa shape index (κ1) is 8.24. The molecular formula is C7H13N3O. The number of nitrogens with one attached hydrogen (secondary N) is 1. The van der Waals surface area contributed by atoms with Crippen LogP contribution in [0.4, 0.5) is 0 Å². The largest absolute Gasteiger partial charge is 0.259 e. The minimum atomic E-state index is 0.977. The number of hydrazone groups is 1. The van der Waals surface area contributed by atoms with Gasteiger partial charge in [0, 0.05) is 13.1 Å². The third-order valence-corrected chi connectivity index (χ3v) is 1.84. The van der Waals surface area contributed by atoms with Crippen molar-refractivity contribution < 1.29 is 4.79 Å². The van der Waals surface area contributed by atoms with Gasteiger partial charge >= 0.3 is 0 Å². The molecule has 1 rings (SSSR count). The Morgan fingerprint density at radius 1 is 1.18 bits per heavy atom. The van der Waals surface area contributed by atoms with Crippen LogP contribution in [0.25, 0.3) is 0 Å². The van der Waals surface area contributed by atoms with E-state index in [1.54, 1.807) is 0 Å². The number of nitrogens with zero attached hydrogens (tertiary/aromatic N) is 2. The molecule has 0 unspecified atom stereocenters. The molecule has 0 saturated carbocycles. The minimum absolute atomic E-state index is 0.977. The van der Waals surface area contributed by atoms with Crippen molar-refractivity contribution in [3.8, 4) is 0 Å². The molecule has 1 saturated heterocycles. The second kappa shape index (κ2) is 4.88. The van der Waals surface area contributed by atoms with Crippen molar-refractivity contribution in [1.82, 2.24) is 10.5 Å². The van der Waals surface area contributed by atoms with Gasteiger partial charge in [0.15, 0.2) is 0 Å². The van der Waals surface area contributed by atoms with Crippen molar-refractivity contribution in [2.24, 2.45) is 5.10 Å². The highest BCUT2D eigenvalue weighted by Crippen LogP contribution is 2.06. The molecule has 0 atom stereocenters. The molecule has 0 aromatic carbocycles. The second-order valence-electron chi connectivity index (χ2n) is 2.70. The van der Waals surface area contributed by atoms with Gasteiger partial charge in [0.25, 0.3) is 6.08 Å². The number of hydrogen-bond acceptors (Lipinski definition) is 4. The summed E-state index contributed by atoms with van der Waals surface area (Å²) in [6.07, 6.45) is 6.38. The van der Waals surface area contributed by atoms with E-state index < -0.39 is 0 Å². The SMILES string of the molecule is O=C=NNN1CCCCCC1. The number of carbonyl (C=O) groups excluding carboxylic acids is 1. The van der Waals surface area contributed by atoms with Gasteiger partial charge in [-0.3, -0.25) is 0 Å². The van der Waals surface area contributed by atoms with E-state index in [0.717, 1.165) is 13.1 Å². The maximum absolute atomic E-state index is 9.75. The quantitative estimate of drug-likeness (QED) is 0.361. The predicted octanol–water partition coefficient (Wildman–Crippen LogP) is 0.618. The summed E-state index contributed by atoms with van der Waals surface area (Å²) < 4.78 is 0. The molecule has 4 nitrogen and oxygen atoms in total. The fourth-order valence-electron chi connectivity index (χ4n) is 1.26. The van der Waals surface area contributed by atoms with Gasteiger partial charge in [0.1, 0.15) is 0 Å². The zero-order valence-electron chi connectivity index (χ0n) is 6.55. The number of rotatable bonds is 2. The maximum atomic E-state index is 9.75. The lowest BCUT2D eigenvalue weighted by Crippen LogP contribution is -2.34. The summed E-state index contributed by atoms with van der Waals surface area (Å²) >= 11 is 0. The van der Waals surface area contributed by atoms with Crippen molar-refractivity contribution in [3.63, 3.8) is 0 Å². The third-order valence-electron chi connectivity index (χ3n) is 1.84. The molecule has 0 aromatic rings. The van der Waals surface area contributed by atoms with Crippen LogP contribution >= 0.6 is 0 Å². The highest BCUT2D eigenvalue weighted by atomic mass is 16.1. The standard InChI is InChI=1S/C7H13N3O/c11-7-8-9-10-5-3-1-2-4-6-10/h9H,1-6H2. The average Bonchev–Trinajstić information content (AvgIpc) is 2.28. The van der Waals surface area contributed by atoms with Crippen LogP contribution < -0.4 is 5.53 Å². The van der Waals surface area contributed by atoms with Gasteiger partial charge in [0.2, 0.25) is 0 Å². The van der Waals surface area contributed by atoms with E-state index in [4.69, 9.17) is 0 Å². The molecule has 0 amide bonds. The first-order chi connectivity index (χ1) is 5.43. The van der Waals surface area contributed by atoms with E-state index in [1.165, 1.54) is 31.8 Å². The molecule has 62 valence electrons. The Bertz CT molecular complexity index is 146. The fraction of sp³-hybridized carbons (Fsp3) is 0.857. The number of hydrazine groups is 1. The van der Waals surface area contributed by atoms with Crippen LogP contribution in [-0.2, 0) is 4.79 Å². The van der Waals surface area contributed by atoms with E-state index >= 15 is 0 Å². The monoisotopic (exact) mass is 155 g/mol. The second-order valence-corrected chi connectivity index (χ2v) is 2.70. The number of isocyanates is 1. The molecule has 1 N–H and O–H groups in total. The average molecular weight is 155 g/mol. The predicted molar refractivity (Wildman–Crippen MR) is 41.3 cm³/mol. The summed E-state index contributed by atoms with van der Waals surface area (Å²) in [5, 5.41) is 5.26. The fourth-order valence-corrected chi connectivity index (χ4v) is 1.26. The van der Waals surface area contributed by atoms with Gasteiger partial charge in [-0.1, -0.05) is 17.9 Å². The van der Waals surface area contributed by atoms with Crippen LogP contribution in [0, 0.1) is 0 Å². The summed E-state index contributed by atoms with van der Waals surface area (Å²) in [5.41, 5.74) is 2.65. The zero-order valence-corrected chi connectivity index (χ0v) is 6.55. The van der Waals surface area contributed by atoms with Crippen LogP contribution in [0.15, 0.2) is 5.10 Å². The van der Waals surface area contributed by atoms with Gasteiger partial charge in [0.05, 0.1) is 0 Å². The summed E-state index contributed by atoms with van der Waals surface area (Å²) in [6, 6.07) is 0. The topological polar surface area (TPSA) is 44.7 Å². The Labute approximate surface area is 66.2 Å². The van der Waals surface area contributed by atoms with Gasteiger partial charge in [-0.25, -0.2) is 15.3 Å². The molecule has 1 heterocycles.